The summed E-state index contributed by atoms with van der Waals surface area (Å²) in [6.45, 7) is 3.59. The van der Waals surface area contributed by atoms with E-state index in [0.717, 1.165) is 22.2 Å². The fourth-order valence-corrected chi connectivity index (χ4v) is 3.59. The molecule has 9 heteroatoms. The van der Waals surface area contributed by atoms with Crippen LogP contribution in [-0.4, -0.2) is 28.5 Å². The number of hydrogen-bond acceptors (Lipinski definition) is 6. The summed E-state index contributed by atoms with van der Waals surface area (Å²) in [5.41, 5.74) is 0.0767. The number of benzene rings is 1. The van der Waals surface area contributed by atoms with Crippen LogP contribution in [-0.2, 0) is 4.74 Å². The molecule has 0 amide bonds. The van der Waals surface area contributed by atoms with Gasteiger partial charge in [-0.2, -0.15) is 9.78 Å². The van der Waals surface area contributed by atoms with Crippen molar-refractivity contribution in [2.75, 3.05) is 6.61 Å². The van der Waals surface area contributed by atoms with Crippen LogP contribution >= 0.6 is 22.9 Å². The van der Waals surface area contributed by atoms with Crippen molar-refractivity contribution in [3.8, 4) is 0 Å². The quantitative estimate of drug-likeness (QED) is 0.501. The molecule has 1 aromatic carbocycles. The molecule has 134 valence electrons. The Balaban J connectivity index is 2.07. The maximum Gasteiger partial charge on any atom is 0.348 e. The topological polar surface area (TPSA) is 73.5 Å². The minimum Gasteiger partial charge on any atom is -0.462 e. The van der Waals surface area contributed by atoms with E-state index in [2.05, 4.69) is 10.1 Å². The third-order valence-electron chi connectivity index (χ3n) is 3.61. The summed E-state index contributed by atoms with van der Waals surface area (Å²) in [5, 5.41) is 4.41. The van der Waals surface area contributed by atoms with E-state index in [9.17, 15) is 14.0 Å². The zero-order valence-corrected chi connectivity index (χ0v) is 15.4. The fraction of sp³-hybridized carbons (Fsp3) is 0.176. The Hall–Kier alpha value is -2.58. The van der Waals surface area contributed by atoms with Gasteiger partial charge >= 0.3 is 5.97 Å². The third-order valence-corrected chi connectivity index (χ3v) is 5.12. The largest absolute Gasteiger partial charge is 0.462 e. The van der Waals surface area contributed by atoms with E-state index in [1.54, 1.807) is 13.8 Å². The molecular weight excluding hydrogens is 381 g/mol. The van der Waals surface area contributed by atoms with Gasteiger partial charge in [0.05, 0.1) is 23.2 Å². The van der Waals surface area contributed by atoms with Crippen molar-refractivity contribution in [3.63, 3.8) is 0 Å². The zero-order chi connectivity index (χ0) is 18.8. The van der Waals surface area contributed by atoms with Crippen molar-refractivity contribution < 1.29 is 13.9 Å². The first-order chi connectivity index (χ1) is 12.4. The van der Waals surface area contributed by atoms with Gasteiger partial charge in [0.25, 0.3) is 5.56 Å². The molecule has 0 unspecified atom stereocenters. The van der Waals surface area contributed by atoms with E-state index < -0.39 is 17.3 Å². The second-order valence-electron chi connectivity index (χ2n) is 5.23. The number of halogens is 2. The van der Waals surface area contributed by atoms with E-state index in [4.69, 9.17) is 16.3 Å². The Kier molecular flexibility index (Phi) is 5.15. The van der Waals surface area contributed by atoms with Crippen LogP contribution in [0.5, 0.6) is 0 Å². The van der Waals surface area contributed by atoms with Crippen molar-refractivity contribution in [1.82, 2.24) is 9.66 Å². The van der Waals surface area contributed by atoms with Gasteiger partial charge < -0.3 is 4.74 Å². The highest BCUT2D eigenvalue weighted by Crippen LogP contribution is 2.27. The molecule has 2 aromatic heterocycles. The number of esters is 1. The molecule has 26 heavy (non-hydrogen) atoms. The number of fused-ring (bicyclic) bond motifs is 1. The summed E-state index contributed by atoms with van der Waals surface area (Å²) < 4.78 is 19.8. The summed E-state index contributed by atoms with van der Waals surface area (Å²) in [6, 6.07) is 4.23. The van der Waals surface area contributed by atoms with Crippen LogP contribution in [0.25, 0.3) is 10.2 Å². The van der Waals surface area contributed by atoms with Crippen LogP contribution in [0.3, 0.4) is 0 Å². The van der Waals surface area contributed by atoms with Crippen molar-refractivity contribution in [3.05, 3.63) is 61.7 Å². The molecule has 0 saturated carbocycles. The Morgan fingerprint density at radius 3 is 2.96 bits per heavy atom. The van der Waals surface area contributed by atoms with Crippen LogP contribution in [0, 0.1) is 12.7 Å². The number of ether oxygens (including phenoxy) is 1. The molecule has 3 aromatic rings. The average molecular weight is 394 g/mol. The summed E-state index contributed by atoms with van der Waals surface area (Å²) >= 11 is 7.02. The lowest BCUT2D eigenvalue weighted by atomic mass is 10.2. The Morgan fingerprint density at radius 1 is 1.50 bits per heavy atom. The van der Waals surface area contributed by atoms with Gasteiger partial charge in [-0.3, -0.25) is 4.79 Å². The summed E-state index contributed by atoms with van der Waals surface area (Å²) in [7, 11) is 0. The highest BCUT2D eigenvalue weighted by molar-refractivity contribution is 7.20. The van der Waals surface area contributed by atoms with Crippen molar-refractivity contribution in [2.45, 2.75) is 13.8 Å². The predicted octanol–water partition coefficient (Wildman–Crippen LogP) is 3.62. The van der Waals surface area contributed by atoms with Crippen LogP contribution < -0.4 is 5.56 Å². The highest BCUT2D eigenvalue weighted by Gasteiger charge is 2.20. The van der Waals surface area contributed by atoms with Gasteiger partial charge in [-0.25, -0.2) is 14.2 Å². The lowest BCUT2D eigenvalue weighted by molar-refractivity contribution is 0.0531. The van der Waals surface area contributed by atoms with Gasteiger partial charge in [0.15, 0.2) is 0 Å². The molecule has 0 fully saturated rings. The summed E-state index contributed by atoms with van der Waals surface area (Å²) in [4.78, 5) is 29.5. The molecule has 2 heterocycles. The normalized spacial score (nSPS) is 11.4. The predicted molar refractivity (Wildman–Crippen MR) is 99.0 cm³/mol. The second kappa shape index (κ2) is 7.35. The summed E-state index contributed by atoms with van der Waals surface area (Å²) in [6.07, 6.45) is 2.36. The molecule has 6 nitrogen and oxygen atoms in total. The molecule has 0 saturated heterocycles. The van der Waals surface area contributed by atoms with Gasteiger partial charge in [-0.1, -0.05) is 17.7 Å². The zero-order valence-electron chi connectivity index (χ0n) is 13.8. The summed E-state index contributed by atoms with van der Waals surface area (Å²) in [5.74, 6) is -1.06. The molecule has 0 bridgehead atoms. The Morgan fingerprint density at radius 2 is 2.27 bits per heavy atom. The van der Waals surface area contributed by atoms with Crippen LogP contribution in [0.2, 0.25) is 5.02 Å². The minimum atomic E-state index is -0.556. The SMILES string of the molecule is CCOC(=O)c1sc2ncn(/N=C\c3c(F)cccc3Cl)c(=O)c2c1C. The van der Waals surface area contributed by atoms with Crippen LogP contribution in [0.1, 0.15) is 27.7 Å². The molecule has 0 spiro atoms. The van der Waals surface area contributed by atoms with Crippen molar-refractivity contribution in [2.24, 2.45) is 5.10 Å². The lowest BCUT2D eigenvalue weighted by Crippen LogP contribution is -2.17. The number of nitrogens with zero attached hydrogens (tertiary/aromatic N) is 3. The highest BCUT2D eigenvalue weighted by atomic mass is 35.5. The van der Waals surface area contributed by atoms with Crippen molar-refractivity contribution >= 4 is 45.3 Å². The second-order valence-corrected chi connectivity index (χ2v) is 6.64. The molecule has 0 aliphatic carbocycles. The molecule has 0 radical (unpaired) electrons. The monoisotopic (exact) mass is 393 g/mol. The van der Waals surface area contributed by atoms with Crippen molar-refractivity contribution in [1.29, 1.82) is 0 Å². The first-order valence-corrected chi connectivity index (χ1v) is 8.79. The number of thiophene rings is 1. The van der Waals surface area contributed by atoms with E-state index in [0.29, 0.717) is 15.3 Å². The molecular formula is C17H13ClFN3O3S. The molecule has 0 atom stereocenters. The number of carbonyl (C=O) groups excluding carboxylic acids is 1. The molecule has 0 aliphatic rings. The van der Waals surface area contributed by atoms with E-state index >= 15 is 0 Å². The van der Waals surface area contributed by atoms with E-state index in [1.165, 1.54) is 24.5 Å². The minimum absolute atomic E-state index is 0.0652. The number of aromatic nitrogens is 2. The van der Waals surface area contributed by atoms with Gasteiger partial charge in [-0.05, 0) is 31.5 Å². The Labute approximate surface area is 156 Å². The standard InChI is InChI=1S/C17H13ClFN3O3S/c1-3-25-17(24)14-9(2)13-15(26-14)20-8-22(16(13)23)21-7-10-11(18)5-4-6-12(10)19/h4-8H,3H2,1-2H3/b21-7-. The van der Waals surface area contributed by atoms with Crippen LogP contribution in [0.15, 0.2) is 34.4 Å². The number of carbonyl (C=O) groups is 1. The van der Waals surface area contributed by atoms with E-state index in [1.807, 2.05) is 0 Å². The average Bonchev–Trinajstić information content (AvgIpc) is 2.94. The van der Waals surface area contributed by atoms with Crippen LogP contribution in [0.4, 0.5) is 4.39 Å². The van der Waals surface area contributed by atoms with Gasteiger partial charge in [0.2, 0.25) is 0 Å². The number of aryl methyl sites for hydroxylation is 1. The van der Waals surface area contributed by atoms with Gasteiger partial charge in [0.1, 0.15) is 21.9 Å². The molecule has 0 aliphatic heterocycles. The van der Waals surface area contributed by atoms with E-state index in [-0.39, 0.29) is 22.6 Å². The lowest BCUT2D eigenvalue weighted by Gasteiger charge is -2.01. The Bertz CT molecular complexity index is 1070. The molecule has 0 N–H and O–H groups in total. The number of hydrogen-bond donors (Lipinski definition) is 0. The van der Waals surface area contributed by atoms with Gasteiger partial charge in [0, 0.05) is 5.56 Å². The maximum absolute atomic E-state index is 13.8. The van der Waals surface area contributed by atoms with Gasteiger partial charge in [-0.15, -0.1) is 11.3 Å². The fourth-order valence-electron chi connectivity index (χ4n) is 2.34. The first kappa shape index (κ1) is 18.2. The molecule has 3 rings (SSSR count). The third kappa shape index (κ3) is 3.25. The number of rotatable bonds is 4. The smallest absolute Gasteiger partial charge is 0.348 e. The maximum atomic E-state index is 13.8. The first-order valence-electron chi connectivity index (χ1n) is 7.60.